The highest BCUT2D eigenvalue weighted by molar-refractivity contribution is 5.95. The molecule has 0 spiro atoms. The van der Waals surface area contributed by atoms with Crippen LogP contribution in [0.4, 0.5) is 0 Å². The highest BCUT2D eigenvalue weighted by atomic mass is 16.2. The lowest BCUT2D eigenvalue weighted by Crippen LogP contribution is -2.34. The van der Waals surface area contributed by atoms with Crippen molar-refractivity contribution in [3.8, 4) is 11.3 Å². The van der Waals surface area contributed by atoms with Crippen molar-refractivity contribution in [1.29, 1.82) is 0 Å². The Bertz CT molecular complexity index is 1070. The Morgan fingerprint density at radius 1 is 1.11 bits per heavy atom. The van der Waals surface area contributed by atoms with Crippen molar-refractivity contribution < 1.29 is 4.79 Å². The number of hydrogen-bond acceptors (Lipinski definition) is 3. The monoisotopic (exact) mass is 376 g/mol. The van der Waals surface area contributed by atoms with Crippen LogP contribution in [0.25, 0.3) is 11.3 Å². The van der Waals surface area contributed by atoms with E-state index in [2.05, 4.69) is 17.1 Å². The SMILES string of the molecule is CCc1[nH]c(=O)ccc1C(=O)N1CCc2c(-c3ccccc3)nn(C)c2CC1. The summed E-state index contributed by atoms with van der Waals surface area (Å²) in [6.45, 7) is 3.22. The van der Waals surface area contributed by atoms with E-state index in [1.807, 2.05) is 41.8 Å². The molecule has 1 amide bonds. The van der Waals surface area contributed by atoms with E-state index in [-0.39, 0.29) is 11.5 Å². The number of nitrogens with one attached hydrogen (secondary N) is 1. The van der Waals surface area contributed by atoms with Crippen LogP contribution in [0.2, 0.25) is 0 Å². The molecule has 144 valence electrons. The molecule has 0 fully saturated rings. The second kappa shape index (κ2) is 7.46. The zero-order valence-electron chi connectivity index (χ0n) is 16.2. The van der Waals surface area contributed by atoms with Crippen molar-refractivity contribution in [2.24, 2.45) is 7.05 Å². The largest absolute Gasteiger partial charge is 0.338 e. The molecule has 1 N–H and O–H groups in total. The summed E-state index contributed by atoms with van der Waals surface area (Å²) >= 11 is 0. The molecule has 0 aliphatic carbocycles. The molecular weight excluding hydrogens is 352 g/mol. The van der Waals surface area contributed by atoms with Crippen LogP contribution in [0, 0.1) is 0 Å². The summed E-state index contributed by atoms with van der Waals surface area (Å²) in [4.78, 5) is 29.4. The van der Waals surface area contributed by atoms with Crippen molar-refractivity contribution in [3.05, 3.63) is 75.3 Å². The van der Waals surface area contributed by atoms with E-state index in [0.717, 1.165) is 24.1 Å². The van der Waals surface area contributed by atoms with Gasteiger partial charge in [-0.1, -0.05) is 37.3 Å². The maximum atomic E-state index is 13.1. The molecule has 0 radical (unpaired) electrons. The van der Waals surface area contributed by atoms with Crippen LogP contribution >= 0.6 is 0 Å². The number of pyridine rings is 1. The number of hydrogen-bond donors (Lipinski definition) is 1. The van der Waals surface area contributed by atoms with Crippen LogP contribution in [0.1, 0.15) is 34.2 Å². The maximum Gasteiger partial charge on any atom is 0.255 e. The second-order valence-electron chi connectivity index (χ2n) is 7.12. The summed E-state index contributed by atoms with van der Waals surface area (Å²) in [6.07, 6.45) is 2.15. The minimum atomic E-state index is -0.171. The average Bonchev–Trinajstić information content (AvgIpc) is 2.89. The molecule has 0 saturated heterocycles. The molecule has 1 aromatic carbocycles. The number of amides is 1. The van der Waals surface area contributed by atoms with Gasteiger partial charge in [-0.05, 0) is 18.9 Å². The summed E-state index contributed by atoms with van der Waals surface area (Å²) in [7, 11) is 1.97. The molecule has 6 nitrogen and oxygen atoms in total. The fourth-order valence-corrected chi connectivity index (χ4v) is 3.98. The first-order valence-electron chi connectivity index (χ1n) is 9.70. The number of carbonyl (C=O) groups excluding carboxylic acids is 1. The normalized spacial score (nSPS) is 13.9. The molecule has 0 unspecified atom stereocenters. The Morgan fingerprint density at radius 2 is 1.86 bits per heavy atom. The highest BCUT2D eigenvalue weighted by Gasteiger charge is 2.26. The summed E-state index contributed by atoms with van der Waals surface area (Å²) in [5, 5.41) is 4.74. The summed E-state index contributed by atoms with van der Waals surface area (Å²) in [5.74, 6) is -0.0184. The number of fused-ring (bicyclic) bond motifs is 1. The number of aromatic nitrogens is 3. The van der Waals surface area contributed by atoms with Crippen LogP contribution < -0.4 is 5.56 Å². The Kier molecular flexibility index (Phi) is 4.86. The lowest BCUT2D eigenvalue weighted by atomic mass is 10.0. The number of benzene rings is 1. The highest BCUT2D eigenvalue weighted by Crippen LogP contribution is 2.28. The number of rotatable bonds is 3. The number of aromatic amines is 1. The van der Waals surface area contributed by atoms with E-state index >= 15 is 0 Å². The van der Waals surface area contributed by atoms with E-state index in [9.17, 15) is 9.59 Å². The Morgan fingerprint density at radius 3 is 2.61 bits per heavy atom. The Labute approximate surface area is 163 Å². The first kappa shape index (κ1) is 18.2. The molecule has 4 rings (SSSR count). The van der Waals surface area contributed by atoms with Crippen LogP contribution in [-0.2, 0) is 26.3 Å². The van der Waals surface area contributed by atoms with Crippen LogP contribution in [-0.4, -0.2) is 38.7 Å². The zero-order chi connectivity index (χ0) is 19.7. The molecule has 1 aliphatic heterocycles. The third-order valence-electron chi connectivity index (χ3n) is 5.44. The molecule has 0 bridgehead atoms. The third-order valence-corrected chi connectivity index (χ3v) is 5.44. The van der Waals surface area contributed by atoms with Gasteiger partial charge in [-0.25, -0.2) is 0 Å². The minimum Gasteiger partial charge on any atom is -0.338 e. The maximum absolute atomic E-state index is 13.1. The molecule has 3 aromatic rings. The van der Waals surface area contributed by atoms with Crippen molar-refractivity contribution >= 4 is 5.91 Å². The Balaban J connectivity index is 1.62. The molecule has 6 heteroatoms. The predicted molar refractivity (Wildman–Crippen MR) is 108 cm³/mol. The van der Waals surface area contributed by atoms with Crippen molar-refractivity contribution in [2.75, 3.05) is 13.1 Å². The molecule has 3 heterocycles. The van der Waals surface area contributed by atoms with Gasteiger partial charge in [0.15, 0.2) is 0 Å². The van der Waals surface area contributed by atoms with Gasteiger partial charge in [-0.15, -0.1) is 0 Å². The first-order chi connectivity index (χ1) is 13.6. The van der Waals surface area contributed by atoms with Gasteiger partial charge in [0, 0.05) is 55.1 Å². The molecule has 0 saturated carbocycles. The quantitative estimate of drug-likeness (QED) is 0.764. The second-order valence-corrected chi connectivity index (χ2v) is 7.12. The van der Waals surface area contributed by atoms with Crippen LogP contribution in [0.3, 0.4) is 0 Å². The summed E-state index contributed by atoms with van der Waals surface area (Å²) in [5.41, 5.74) is 5.64. The average molecular weight is 376 g/mol. The summed E-state index contributed by atoms with van der Waals surface area (Å²) in [6, 6.07) is 13.3. The van der Waals surface area contributed by atoms with Gasteiger partial charge in [-0.3, -0.25) is 14.3 Å². The smallest absolute Gasteiger partial charge is 0.255 e. The number of nitrogens with zero attached hydrogens (tertiary/aromatic N) is 3. The van der Waals surface area contributed by atoms with E-state index in [4.69, 9.17) is 5.10 Å². The summed E-state index contributed by atoms with van der Waals surface area (Å²) < 4.78 is 1.95. The first-order valence-corrected chi connectivity index (χ1v) is 9.70. The Hall–Kier alpha value is -3.15. The standard InChI is InChI=1S/C22H24N4O2/c1-3-18-16(9-10-20(27)23-18)22(28)26-13-11-17-19(12-14-26)25(2)24-21(17)15-7-5-4-6-8-15/h4-10H,3,11-14H2,1-2H3,(H,23,27). The van der Waals surface area contributed by atoms with Crippen molar-refractivity contribution in [3.63, 3.8) is 0 Å². The van der Waals surface area contributed by atoms with E-state index in [1.54, 1.807) is 6.07 Å². The molecular formula is C22H24N4O2. The lowest BCUT2D eigenvalue weighted by molar-refractivity contribution is 0.0761. The number of aryl methyl sites for hydroxylation is 2. The topological polar surface area (TPSA) is 71.0 Å². The van der Waals surface area contributed by atoms with Gasteiger partial charge in [0.2, 0.25) is 5.56 Å². The van der Waals surface area contributed by atoms with Gasteiger partial charge < -0.3 is 9.88 Å². The lowest BCUT2D eigenvalue weighted by Gasteiger charge is -2.21. The van der Waals surface area contributed by atoms with E-state index < -0.39 is 0 Å². The van der Waals surface area contributed by atoms with Gasteiger partial charge >= 0.3 is 0 Å². The van der Waals surface area contributed by atoms with E-state index in [1.165, 1.54) is 17.3 Å². The van der Waals surface area contributed by atoms with Crippen molar-refractivity contribution in [1.82, 2.24) is 19.7 Å². The van der Waals surface area contributed by atoms with Crippen LogP contribution in [0.5, 0.6) is 0 Å². The van der Waals surface area contributed by atoms with Gasteiger partial charge in [-0.2, -0.15) is 5.10 Å². The minimum absolute atomic E-state index is 0.0184. The zero-order valence-corrected chi connectivity index (χ0v) is 16.2. The van der Waals surface area contributed by atoms with Gasteiger partial charge in [0.1, 0.15) is 0 Å². The predicted octanol–water partition coefficient (Wildman–Crippen LogP) is 2.58. The van der Waals surface area contributed by atoms with Crippen LogP contribution in [0.15, 0.2) is 47.3 Å². The molecule has 1 aliphatic rings. The molecule has 0 atom stereocenters. The fraction of sp³-hybridized carbons (Fsp3) is 0.318. The third kappa shape index (κ3) is 3.26. The molecule has 28 heavy (non-hydrogen) atoms. The number of H-pyrrole nitrogens is 1. The van der Waals surface area contributed by atoms with E-state index in [0.29, 0.717) is 30.8 Å². The van der Waals surface area contributed by atoms with Gasteiger partial charge in [0.25, 0.3) is 5.91 Å². The fourth-order valence-electron chi connectivity index (χ4n) is 3.98. The van der Waals surface area contributed by atoms with Gasteiger partial charge in [0.05, 0.1) is 11.3 Å². The molecule has 2 aromatic heterocycles. The van der Waals surface area contributed by atoms with Crippen molar-refractivity contribution in [2.45, 2.75) is 26.2 Å². The number of carbonyl (C=O) groups is 1.